The van der Waals surface area contributed by atoms with E-state index in [1.165, 1.54) is 19.2 Å². The van der Waals surface area contributed by atoms with Crippen molar-refractivity contribution in [3.63, 3.8) is 0 Å². The highest BCUT2D eigenvalue weighted by Crippen LogP contribution is 2.24. The molecule has 7 nitrogen and oxygen atoms in total. The van der Waals surface area contributed by atoms with Gasteiger partial charge in [0, 0.05) is 13.1 Å². The lowest BCUT2D eigenvalue weighted by Crippen LogP contribution is -2.43. The van der Waals surface area contributed by atoms with Crippen molar-refractivity contribution in [2.75, 3.05) is 40.0 Å². The lowest BCUT2D eigenvalue weighted by Gasteiger charge is -2.26. The first-order valence-electron chi connectivity index (χ1n) is 6.51. The maximum atomic E-state index is 11.9. The number of carbonyl (C=O) groups excluding carboxylic acids is 1. The van der Waals surface area contributed by atoms with Crippen LogP contribution in [0.5, 0.6) is 11.5 Å². The number of morpholine rings is 1. The van der Waals surface area contributed by atoms with Gasteiger partial charge in [0.05, 0.1) is 20.3 Å². The van der Waals surface area contributed by atoms with Crippen LogP contribution in [0, 0.1) is 0 Å². The first-order valence-corrected chi connectivity index (χ1v) is 6.51. The van der Waals surface area contributed by atoms with Crippen molar-refractivity contribution in [1.82, 2.24) is 4.90 Å². The number of carboxylic acid groups (broad SMARTS) is 1. The Hall–Kier alpha value is -2.28. The number of hydrogen-bond donors (Lipinski definition) is 1. The highest BCUT2D eigenvalue weighted by Gasteiger charge is 2.19. The zero-order valence-electron chi connectivity index (χ0n) is 11.7. The van der Waals surface area contributed by atoms with Gasteiger partial charge < -0.3 is 24.2 Å². The van der Waals surface area contributed by atoms with Gasteiger partial charge in [0.1, 0.15) is 17.1 Å². The fourth-order valence-corrected chi connectivity index (χ4v) is 1.97. The molecule has 114 valence electrons. The lowest BCUT2D eigenvalue weighted by atomic mass is 10.2. The number of aromatic carboxylic acids is 1. The standard InChI is InChI=1S/C14H17NO6/c1-19-10-2-3-12(11(8-10)14(17)18)21-9-13(16)15-4-6-20-7-5-15/h2-3,8H,4-7,9H2,1H3,(H,17,18). The number of nitrogens with zero attached hydrogens (tertiary/aromatic N) is 1. The highest BCUT2D eigenvalue weighted by atomic mass is 16.5. The van der Waals surface area contributed by atoms with E-state index in [9.17, 15) is 9.59 Å². The fourth-order valence-electron chi connectivity index (χ4n) is 1.97. The lowest BCUT2D eigenvalue weighted by molar-refractivity contribution is -0.137. The van der Waals surface area contributed by atoms with Gasteiger partial charge in [-0.25, -0.2) is 4.79 Å². The summed E-state index contributed by atoms with van der Waals surface area (Å²) in [6.45, 7) is 1.86. The Morgan fingerprint density at radius 1 is 1.33 bits per heavy atom. The van der Waals surface area contributed by atoms with Gasteiger partial charge >= 0.3 is 5.97 Å². The molecule has 0 aromatic heterocycles. The maximum absolute atomic E-state index is 11.9. The minimum atomic E-state index is -1.14. The molecule has 1 fully saturated rings. The molecule has 1 aliphatic heterocycles. The second-order valence-corrected chi connectivity index (χ2v) is 4.45. The number of methoxy groups -OCH3 is 1. The zero-order valence-corrected chi connectivity index (χ0v) is 11.7. The Morgan fingerprint density at radius 3 is 2.67 bits per heavy atom. The Kier molecular flexibility index (Phi) is 4.99. The third kappa shape index (κ3) is 3.85. The van der Waals surface area contributed by atoms with Gasteiger partial charge in [-0.3, -0.25) is 4.79 Å². The third-order valence-electron chi connectivity index (χ3n) is 3.13. The SMILES string of the molecule is COc1ccc(OCC(=O)N2CCOCC2)c(C(=O)O)c1. The van der Waals surface area contributed by atoms with E-state index in [0.29, 0.717) is 32.1 Å². The van der Waals surface area contributed by atoms with E-state index in [1.807, 2.05) is 0 Å². The second-order valence-electron chi connectivity index (χ2n) is 4.45. The first-order chi connectivity index (χ1) is 10.1. The van der Waals surface area contributed by atoms with Gasteiger partial charge in [0.15, 0.2) is 6.61 Å². The van der Waals surface area contributed by atoms with Crippen molar-refractivity contribution < 1.29 is 28.9 Å². The summed E-state index contributed by atoms with van der Waals surface area (Å²) in [6, 6.07) is 4.42. The van der Waals surface area contributed by atoms with E-state index in [-0.39, 0.29) is 23.8 Å². The molecule has 1 N–H and O–H groups in total. The molecule has 0 radical (unpaired) electrons. The topological polar surface area (TPSA) is 85.3 Å². The summed E-state index contributed by atoms with van der Waals surface area (Å²) in [6.07, 6.45) is 0. The highest BCUT2D eigenvalue weighted by molar-refractivity contribution is 5.91. The molecule has 0 atom stereocenters. The molecular weight excluding hydrogens is 278 g/mol. The molecule has 0 spiro atoms. The molecule has 1 aromatic rings. The van der Waals surface area contributed by atoms with Crippen LogP contribution < -0.4 is 9.47 Å². The number of amides is 1. The van der Waals surface area contributed by atoms with Crippen molar-refractivity contribution >= 4 is 11.9 Å². The molecule has 0 aliphatic carbocycles. The minimum Gasteiger partial charge on any atom is -0.497 e. The monoisotopic (exact) mass is 295 g/mol. The number of rotatable bonds is 5. The van der Waals surface area contributed by atoms with E-state index in [4.69, 9.17) is 19.3 Å². The number of carboxylic acids is 1. The van der Waals surface area contributed by atoms with E-state index < -0.39 is 5.97 Å². The molecule has 2 rings (SSSR count). The molecule has 0 unspecified atom stereocenters. The summed E-state index contributed by atoms with van der Waals surface area (Å²) in [7, 11) is 1.45. The van der Waals surface area contributed by atoms with E-state index in [0.717, 1.165) is 0 Å². The van der Waals surface area contributed by atoms with Crippen LogP contribution in [-0.2, 0) is 9.53 Å². The molecule has 7 heteroatoms. The predicted octanol–water partition coefficient (Wildman–Crippen LogP) is 0.631. The molecule has 1 saturated heterocycles. The maximum Gasteiger partial charge on any atom is 0.339 e. The normalized spacial score (nSPS) is 14.6. The van der Waals surface area contributed by atoms with Crippen molar-refractivity contribution in [3.8, 4) is 11.5 Å². The summed E-state index contributed by atoms with van der Waals surface area (Å²) in [5.74, 6) is -0.766. The summed E-state index contributed by atoms with van der Waals surface area (Å²) in [5.41, 5.74) is -0.0378. The zero-order chi connectivity index (χ0) is 15.2. The number of hydrogen-bond acceptors (Lipinski definition) is 5. The average molecular weight is 295 g/mol. The van der Waals surface area contributed by atoms with Gasteiger partial charge in [-0.15, -0.1) is 0 Å². The first kappa shape index (κ1) is 15.1. The van der Waals surface area contributed by atoms with Crippen LogP contribution in [0.1, 0.15) is 10.4 Å². The fraction of sp³-hybridized carbons (Fsp3) is 0.429. The van der Waals surface area contributed by atoms with Crippen LogP contribution in [-0.4, -0.2) is 61.9 Å². The van der Waals surface area contributed by atoms with Crippen LogP contribution in [0.4, 0.5) is 0 Å². The van der Waals surface area contributed by atoms with Crippen molar-refractivity contribution in [2.45, 2.75) is 0 Å². The van der Waals surface area contributed by atoms with Gasteiger partial charge in [-0.2, -0.15) is 0 Å². The quantitative estimate of drug-likeness (QED) is 0.857. The third-order valence-corrected chi connectivity index (χ3v) is 3.13. The largest absolute Gasteiger partial charge is 0.497 e. The summed E-state index contributed by atoms with van der Waals surface area (Å²) in [4.78, 5) is 24.8. The van der Waals surface area contributed by atoms with E-state index in [2.05, 4.69) is 0 Å². The predicted molar refractivity (Wildman–Crippen MR) is 72.8 cm³/mol. The van der Waals surface area contributed by atoms with E-state index >= 15 is 0 Å². The van der Waals surface area contributed by atoms with Gasteiger partial charge in [0.2, 0.25) is 0 Å². The number of carbonyl (C=O) groups is 2. The molecule has 0 saturated carbocycles. The van der Waals surface area contributed by atoms with Crippen molar-refractivity contribution in [2.24, 2.45) is 0 Å². The Bertz CT molecular complexity index is 524. The second kappa shape index (κ2) is 6.94. The minimum absolute atomic E-state index is 0.0378. The van der Waals surface area contributed by atoms with Crippen molar-refractivity contribution in [3.05, 3.63) is 23.8 Å². The number of benzene rings is 1. The molecule has 1 heterocycles. The van der Waals surface area contributed by atoms with Gasteiger partial charge in [0.25, 0.3) is 5.91 Å². The summed E-state index contributed by atoms with van der Waals surface area (Å²) < 4.78 is 15.5. The molecule has 0 bridgehead atoms. The van der Waals surface area contributed by atoms with Crippen molar-refractivity contribution in [1.29, 1.82) is 0 Å². The summed E-state index contributed by atoms with van der Waals surface area (Å²) in [5, 5.41) is 9.15. The molecule has 1 aromatic carbocycles. The van der Waals surface area contributed by atoms with Crippen LogP contribution in [0.15, 0.2) is 18.2 Å². The Balaban J connectivity index is 2.02. The molecule has 1 aliphatic rings. The van der Waals surface area contributed by atoms with Gasteiger partial charge in [-0.05, 0) is 18.2 Å². The molecule has 21 heavy (non-hydrogen) atoms. The van der Waals surface area contributed by atoms with Crippen LogP contribution in [0.2, 0.25) is 0 Å². The smallest absolute Gasteiger partial charge is 0.339 e. The molecule has 1 amide bonds. The van der Waals surface area contributed by atoms with Crippen LogP contribution in [0.3, 0.4) is 0 Å². The average Bonchev–Trinajstić information content (AvgIpc) is 2.53. The van der Waals surface area contributed by atoms with Gasteiger partial charge in [-0.1, -0.05) is 0 Å². The van der Waals surface area contributed by atoms with Crippen LogP contribution in [0.25, 0.3) is 0 Å². The Morgan fingerprint density at radius 2 is 2.05 bits per heavy atom. The summed E-state index contributed by atoms with van der Waals surface area (Å²) >= 11 is 0. The molecular formula is C14H17NO6. The Labute approximate surface area is 122 Å². The van der Waals surface area contributed by atoms with E-state index in [1.54, 1.807) is 11.0 Å². The number of ether oxygens (including phenoxy) is 3. The van der Waals surface area contributed by atoms with Crippen LogP contribution >= 0.6 is 0 Å².